The molecule has 0 aromatic heterocycles. The van der Waals surface area contributed by atoms with Crippen LogP contribution in [0.15, 0.2) is 60.7 Å². The maximum atomic E-state index is 12.7. The molecule has 2 aromatic rings. The molecule has 4 rings (SSSR count). The summed E-state index contributed by atoms with van der Waals surface area (Å²) in [4.78, 5) is 14.9. The van der Waals surface area contributed by atoms with Crippen LogP contribution in [-0.2, 0) is 4.74 Å². The molecule has 0 radical (unpaired) electrons. The minimum Gasteiger partial charge on any atom is -0.457 e. The molecule has 2 aromatic carbocycles. The molecule has 5 nitrogen and oxygen atoms in total. The fraction of sp³-hybridized carbons (Fsp3) is 0.435. The van der Waals surface area contributed by atoms with Gasteiger partial charge in [-0.3, -0.25) is 4.90 Å². The van der Waals surface area contributed by atoms with Crippen LogP contribution in [0.4, 0.5) is 0 Å². The molecule has 2 N–H and O–H groups in total. The highest BCUT2D eigenvalue weighted by Gasteiger charge is 2.60. The molecule has 0 unspecified atom stereocenters. The predicted octanol–water partition coefficient (Wildman–Crippen LogP) is 2.01. The lowest BCUT2D eigenvalue weighted by Gasteiger charge is -2.37. The van der Waals surface area contributed by atoms with Crippen LogP contribution in [-0.4, -0.2) is 66.6 Å². The third-order valence-electron chi connectivity index (χ3n) is 6.80. The summed E-state index contributed by atoms with van der Waals surface area (Å²) in [6, 6.07) is 19.0. The van der Waals surface area contributed by atoms with Gasteiger partial charge in [0.15, 0.2) is 0 Å². The van der Waals surface area contributed by atoms with Gasteiger partial charge in [-0.15, -0.1) is 0 Å². The van der Waals surface area contributed by atoms with Crippen molar-refractivity contribution in [2.75, 3.05) is 13.2 Å². The van der Waals surface area contributed by atoms with Gasteiger partial charge < -0.3 is 14.9 Å². The zero-order chi connectivity index (χ0) is 20.6. The highest BCUT2D eigenvalue weighted by atomic mass is 28.3. The van der Waals surface area contributed by atoms with E-state index < -0.39 is 14.2 Å². The Kier molecular flexibility index (Phi) is 5.62. The molecule has 154 valence electrons. The van der Waals surface area contributed by atoms with Gasteiger partial charge in [-0.05, 0) is 18.6 Å². The molecule has 0 aliphatic carbocycles. The van der Waals surface area contributed by atoms with Crippen LogP contribution in [0.1, 0.15) is 16.8 Å². The third-order valence-corrected chi connectivity index (χ3v) is 11.0. The van der Waals surface area contributed by atoms with Gasteiger partial charge in [0.1, 0.15) is 6.10 Å². The van der Waals surface area contributed by atoms with Crippen molar-refractivity contribution in [1.82, 2.24) is 4.90 Å². The van der Waals surface area contributed by atoms with Crippen LogP contribution in [0.3, 0.4) is 0 Å². The Morgan fingerprint density at radius 1 is 1.10 bits per heavy atom. The maximum absolute atomic E-state index is 12.7. The minimum absolute atomic E-state index is 0.0295. The lowest BCUT2D eigenvalue weighted by Crippen LogP contribution is -2.54. The summed E-state index contributed by atoms with van der Waals surface area (Å²) < 4.78 is 5.96. The fourth-order valence-electron chi connectivity index (χ4n) is 5.31. The SMILES string of the molecule is C[Si](C)(c1ccccc1)[C@H]1[C@H](O)[C@@H](CO)N2CC[C@@H](OC(=O)c3ccccc3)[C@H]12. The van der Waals surface area contributed by atoms with Crippen molar-refractivity contribution in [2.24, 2.45) is 0 Å². The smallest absolute Gasteiger partial charge is 0.338 e. The number of aliphatic hydroxyl groups is 2. The molecule has 2 fully saturated rings. The zero-order valence-corrected chi connectivity index (χ0v) is 17.9. The van der Waals surface area contributed by atoms with Gasteiger partial charge in [0, 0.05) is 12.1 Å². The summed E-state index contributed by atoms with van der Waals surface area (Å²) >= 11 is 0. The number of carbonyl (C=O) groups is 1. The molecule has 2 aliphatic rings. The first kappa shape index (κ1) is 20.3. The molecule has 2 heterocycles. The van der Waals surface area contributed by atoms with E-state index in [0.717, 1.165) is 13.0 Å². The van der Waals surface area contributed by atoms with Crippen LogP contribution in [0, 0.1) is 0 Å². The van der Waals surface area contributed by atoms with E-state index in [-0.39, 0.29) is 36.3 Å². The van der Waals surface area contributed by atoms with Gasteiger partial charge in [-0.1, -0.05) is 66.8 Å². The van der Waals surface area contributed by atoms with E-state index in [1.807, 2.05) is 36.4 Å². The van der Waals surface area contributed by atoms with Crippen LogP contribution in [0.5, 0.6) is 0 Å². The Hall–Kier alpha value is -1.99. The quantitative estimate of drug-likeness (QED) is 0.582. The summed E-state index contributed by atoms with van der Waals surface area (Å²) in [5.74, 6) is -0.322. The second-order valence-electron chi connectivity index (χ2n) is 8.68. The number of fused-ring (bicyclic) bond motifs is 1. The zero-order valence-electron chi connectivity index (χ0n) is 16.9. The monoisotopic (exact) mass is 411 g/mol. The van der Waals surface area contributed by atoms with Gasteiger partial charge in [0.25, 0.3) is 0 Å². The third kappa shape index (κ3) is 3.55. The maximum Gasteiger partial charge on any atom is 0.338 e. The van der Waals surface area contributed by atoms with E-state index in [4.69, 9.17) is 4.74 Å². The number of benzene rings is 2. The first-order valence-electron chi connectivity index (χ1n) is 10.3. The van der Waals surface area contributed by atoms with E-state index in [0.29, 0.717) is 5.56 Å². The molecule has 0 amide bonds. The molecule has 0 saturated carbocycles. The summed E-state index contributed by atoms with van der Waals surface area (Å²) in [6.07, 6.45) is -0.193. The van der Waals surface area contributed by atoms with Crippen molar-refractivity contribution in [3.8, 4) is 0 Å². The Labute approximate surface area is 172 Å². The van der Waals surface area contributed by atoms with Gasteiger partial charge in [-0.2, -0.15) is 0 Å². The van der Waals surface area contributed by atoms with Crippen LogP contribution >= 0.6 is 0 Å². The summed E-state index contributed by atoms with van der Waals surface area (Å²) in [5, 5.41) is 22.5. The molecule has 5 atom stereocenters. The van der Waals surface area contributed by atoms with Crippen molar-refractivity contribution in [2.45, 2.75) is 49.3 Å². The van der Waals surface area contributed by atoms with Crippen molar-refractivity contribution in [3.05, 3.63) is 66.2 Å². The second-order valence-corrected chi connectivity index (χ2v) is 13.4. The Morgan fingerprint density at radius 3 is 2.34 bits per heavy atom. The normalized spacial score (nSPS) is 29.6. The first-order chi connectivity index (χ1) is 13.9. The van der Waals surface area contributed by atoms with Crippen molar-refractivity contribution in [3.63, 3.8) is 0 Å². The molecule has 2 aliphatic heterocycles. The summed E-state index contributed by atoms with van der Waals surface area (Å²) in [6.45, 7) is 5.16. The van der Waals surface area contributed by atoms with Gasteiger partial charge in [-0.25, -0.2) is 4.79 Å². The average molecular weight is 412 g/mol. The second kappa shape index (κ2) is 8.03. The number of aliphatic hydroxyl groups excluding tert-OH is 2. The number of hydrogen-bond donors (Lipinski definition) is 2. The lowest BCUT2D eigenvalue weighted by atomic mass is 10.1. The van der Waals surface area contributed by atoms with Crippen LogP contribution in [0.25, 0.3) is 0 Å². The Balaban J connectivity index is 1.65. The standard InChI is InChI=1S/C23H29NO4Si/c1-29(2,17-11-7-4-8-12-17)22-20-19(13-14-24(20)18(15-25)21(22)26)28-23(27)16-9-5-3-6-10-16/h3-12,18-22,25-26H,13-15H2,1-2H3/t18-,19-,20-,21-,22-/m1/s1. The van der Waals surface area contributed by atoms with E-state index in [2.05, 4.69) is 30.1 Å². The molecule has 0 spiro atoms. The van der Waals surface area contributed by atoms with Gasteiger partial charge >= 0.3 is 5.97 Å². The lowest BCUT2D eigenvalue weighted by molar-refractivity contribution is 0.0216. The number of carbonyl (C=O) groups excluding carboxylic acids is 1. The van der Waals surface area contributed by atoms with Crippen molar-refractivity contribution in [1.29, 1.82) is 0 Å². The molecule has 6 heteroatoms. The number of ether oxygens (including phenoxy) is 1. The predicted molar refractivity (Wildman–Crippen MR) is 115 cm³/mol. The highest BCUT2D eigenvalue weighted by molar-refractivity contribution is 6.91. The Morgan fingerprint density at radius 2 is 1.72 bits per heavy atom. The molecule has 2 saturated heterocycles. The topological polar surface area (TPSA) is 70.0 Å². The number of rotatable bonds is 5. The summed E-state index contributed by atoms with van der Waals surface area (Å²) in [7, 11) is -2.12. The van der Waals surface area contributed by atoms with E-state index in [1.54, 1.807) is 12.1 Å². The molecular weight excluding hydrogens is 382 g/mol. The average Bonchev–Trinajstić information content (AvgIpc) is 3.26. The first-order valence-corrected chi connectivity index (χ1v) is 13.4. The Bertz CT molecular complexity index is 844. The number of esters is 1. The van der Waals surface area contributed by atoms with Crippen LogP contribution in [0.2, 0.25) is 18.6 Å². The number of hydrogen-bond acceptors (Lipinski definition) is 5. The van der Waals surface area contributed by atoms with Crippen molar-refractivity contribution < 1.29 is 19.7 Å². The van der Waals surface area contributed by atoms with Crippen LogP contribution < -0.4 is 5.19 Å². The van der Waals surface area contributed by atoms with Gasteiger partial charge in [0.05, 0.1) is 38.4 Å². The van der Waals surface area contributed by atoms with Gasteiger partial charge in [0.2, 0.25) is 0 Å². The van der Waals surface area contributed by atoms with E-state index in [9.17, 15) is 15.0 Å². The summed E-state index contributed by atoms with van der Waals surface area (Å²) in [5.41, 5.74) is 0.512. The number of nitrogens with zero attached hydrogens (tertiary/aromatic N) is 1. The molecular formula is C23H29NO4Si. The highest BCUT2D eigenvalue weighted by Crippen LogP contribution is 2.47. The van der Waals surface area contributed by atoms with E-state index in [1.165, 1.54) is 5.19 Å². The minimum atomic E-state index is -2.12. The van der Waals surface area contributed by atoms with Crippen molar-refractivity contribution >= 4 is 19.2 Å². The fourth-order valence-corrected chi connectivity index (χ4v) is 9.08. The molecule has 0 bridgehead atoms. The van der Waals surface area contributed by atoms with E-state index >= 15 is 0 Å². The molecule has 29 heavy (non-hydrogen) atoms. The largest absolute Gasteiger partial charge is 0.457 e.